The topological polar surface area (TPSA) is 90.7 Å². The lowest BCUT2D eigenvalue weighted by Gasteiger charge is -2.19. The van der Waals surface area contributed by atoms with Gasteiger partial charge in [0.2, 0.25) is 5.91 Å². The minimum atomic E-state index is -0.652. The number of benzene rings is 2. The highest BCUT2D eigenvalue weighted by Crippen LogP contribution is 2.37. The number of amides is 2. The van der Waals surface area contributed by atoms with Gasteiger partial charge in [0.25, 0.3) is 5.91 Å². The van der Waals surface area contributed by atoms with Gasteiger partial charge in [-0.1, -0.05) is 17.7 Å². The summed E-state index contributed by atoms with van der Waals surface area (Å²) in [5, 5.41) is 2.74. The second kappa shape index (κ2) is 6.98. The number of primary amides is 1. The van der Waals surface area contributed by atoms with Gasteiger partial charge in [0.1, 0.15) is 11.5 Å². The van der Waals surface area contributed by atoms with Crippen molar-refractivity contribution in [2.24, 2.45) is 5.73 Å². The van der Waals surface area contributed by atoms with E-state index in [2.05, 4.69) is 5.32 Å². The molecule has 2 aromatic carbocycles. The highest BCUT2D eigenvalue weighted by molar-refractivity contribution is 6.32. The van der Waals surface area contributed by atoms with Crippen molar-refractivity contribution < 1.29 is 23.5 Å². The van der Waals surface area contributed by atoms with Crippen LogP contribution >= 0.6 is 11.6 Å². The Morgan fingerprint density at radius 2 is 2.16 bits per heavy atom. The van der Waals surface area contributed by atoms with E-state index in [0.29, 0.717) is 17.2 Å². The first-order chi connectivity index (χ1) is 11.9. The fraction of sp³-hybridized carbons (Fsp3) is 0.176. The molecule has 3 N–H and O–H groups in total. The van der Waals surface area contributed by atoms with Crippen molar-refractivity contribution in [3.05, 3.63) is 46.7 Å². The number of halogens is 2. The highest BCUT2D eigenvalue weighted by atomic mass is 35.5. The van der Waals surface area contributed by atoms with Crippen LogP contribution in [-0.4, -0.2) is 18.4 Å². The zero-order valence-corrected chi connectivity index (χ0v) is 13.7. The number of fused-ring (bicyclic) bond motifs is 1. The number of carbonyl (C=O) groups excluding carboxylic acids is 2. The van der Waals surface area contributed by atoms with Crippen molar-refractivity contribution in [3.63, 3.8) is 0 Å². The molecule has 2 aromatic rings. The predicted molar refractivity (Wildman–Crippen MR) is 89.6 cm³/mol. The highest BCUT2D eigenvalue weighted by Gasteiger charge is 2.19. The van der Waals surface area contributed by atoms with E-state index in [4.69, 9.17) is 26.8 Å². The average molecular weight is 365 g/mol. The van der Waals surface area contributed by atoms with Gasteiger partial charge in [0.15, 0.2) is 18.2 Å². The zero-order valence-electron chi connectivity index (χ0n) is 13.0. The van der Waals surface area contributed by atoms with E-state index >= 15 is 0 Å². The lowest BCUT2D eigenvalue weighted by molar-refractivity contribution is -0.119. The third kappa shape index (κ3) is 3.83. The number of rotatable bonds is 5. The molecule has 1 aliphatic rings. The summed E-state index contributed by atoms with van der Waals surface area (Å²) in [7, 11) is 0. The standard InChI is InChI=1S/C17H14ClFN2O4/c18-11-4-1-9(2-6-14(20)22)16(19)17(11)25-10-3-5-12-13(7-10)24-8-15(23)21-12/h1,3-5,7H,2,6,8H2,(H2,20,22)(H,21,23). The molecule has 0 unspecified atom stereocenters. The van der Waals surface area contributed by atoms with Gasteiger partial charge < -0.3 is 20.5 Å². The Morgan fingerprint density at radius 3 is 2.92 bits per heavy atom. The second-order valence-corrected chi connectivity index (χ2v) is 5.82. The number of hydrogen-bond donors (Lipinski definition) is 2. The summed E-state index contributed by atoms with van der Waals surface area (Å²) < 4.78 is 25.5. The molecule has 0 bridgehead atoms. The van der Waals surface area contributed by atoms with Crippen molar-refractivity contribution in [2.75, 3.05) is 11.9 Å². The van der Waals surface area contributed by atoms with Crippen molar-refractivity contribution >= 4 is 29.1 Å². The van der Waals surface area contributed by atoms with E-state index in [1.807, 2.05) is 0 Å². The number of nitrogens with two attached hydrogens (primary N) is 1. The number of aryl methyl sites for hydroxylation is 1. The van der Waals surface area contributed by atoms with Gasteiger partial charge in [-0.3, -0.25) is 9.59 Å². The molecular formula is C17H14ClFN2O4. The summed E-state index contributed by atoms with van der Waals surface area (Å²) in [6, 6.07) is 7.65. The van der Waals surface area contributed by atoms with E-state index in [1.165, 1.54) is 18.2 Å². The fourth-order valence-electron chi connectivity index (χ4n) is 2.35. The zero-order chi connectivity index (χ0) is 18.0. The molecule has 25 heavy (non-hydrogen) atoms. The van der Waals surface area contributed by atoms with Gasteiger partial charge >= 0.3 is 0 Å². The Hall–Kier alpha value is -2.80. The lowest BCUT2D eigenvalue weighted by Crippen LogP contribution is -2.25. The summed E-state index contributed by atoms with van der Waals surface area (Å²) in [6.07, 6.45) is 0.165. The number of nitrogens with one attached hydrogen (secondary N) is 1. The van der Waals surface area contributed by atoms with Crippen LogP contribution in [0.3, 0.4) is 0 Å². The van der Waals surface area contributed by atoms with Crippen LogP contribution in [0.5, 0.6) is 17.2 Å². The Labute approximate surface area is 147 Å². The average Bonchev–Trinajstić information content (AvgIpc) is 2.57. The first-order valence-electron chi connectivity index (χ1n) is 7.44. The molecule has 6 nitrogen and oxygen atoms in total. The summed E-state index contributed by atoms with van der Waals surface area (Å²) >= 11 is 6.03. The number of carbonyl (C=O) groups is 2. The molecule has 8 heteroatoms. The summed E-state index contributed by atoms with van der Waals surface area (Å²) in [5.74, 6) is -0.867. The van der Waals surface area contributed by atoms with Crippen LogP contribution in [0, 0.1) is 5.82 Å². The quantitative estimate of drug-likeness (QED) is 0.853. The van der Waals surface area contributed by atoms with Gasteiger partial charge in [-0.2, -0.15) is 0 Å². The molecule has 130 valence electrons. The number of hydrogen-bond acceptors (Lipinski definition) is 4. The summed E-state index contributed by atoms with van der Waals surface area (Å²) in [5.41, 5.74) is 5.88. The number of anilines is 1. The van der Waals surface area contributed by atoms with Crippen LogP contribution in [0.15, 0.2) is 30.3 Å². The maximum Gasteiger partial charge on any atom is 0.262 e. The van der Waals surface area contributed by atoms with Gasteiger partial charge in [-0.15, -0.1) is 0 Å². The molecule has 0 radical (unpaired) electrons. The van der Waals surface area contributed by atoms with Gasteiger partial charge in [0.05, 0.1) is 10.7 Å². The molecule has 0 saturated carbocycles. The van der Waals surface area contributed by atoms with E-state index in [9.17, 15) is 14.0 Å². The van der Waals surface area contributed by atoms with Gasteiger partial charge in [-0.25, -0.2) is 4.39 Å². The normalized spacial score (nSPS) is 12.8. The van der Waals surface area contributed by atoms with Gasteiger partial charge in [0, 0.05) is 12.5 Å². The predicted octanol–water partition coefficient (Wildman–Crippen LogP) is 3.02. The number of ether oxygens (including phenoxy) is 2. The van der Waals surface area contributed by atoms with Gasteiger partial charge in [-0.05, 0) is 30.2 Å². The maximum absolute atomic E-state index is 14.6. The minimum Gasteiger partial charge on any atom is -0.481 e. The SMILES string of the molecule is NC(=O)CCc1ccc(Cl)c(Oc2ccc3c(c2)OCC(=O)N3)c1F. The Kier molecular flexibility index (Phi) is 4.76. The largest absolute Gasteiger partial charge is 0.481 e. The molecule has 0 spiro atoms. The molecule has 0 fully saturated rings. The smallest absolute Gasteiger partial charge is 0.262 e. The molecule has 1 aliphatic heterocycles. The van der Waals surface area contributed by atoms with Crippen LogP contribution in [0.2, 0.25) is 5.02 Å². The Bertz CT molecular complexity index is 857. The third-order valence-corrected chi connectivity index (χ3v) is 3.87. The van der Waals surface area contributed by atoms with Crippen LogP contribution in [0.4, 0.5) is 10.1 Å². The first kappa shape index (κ1) is 17.0. The molecule has 1 heterocycles. The second-order valence-electron chi connectivity index (χ2n) is 5.41. The summed E-state index contributed by atoms with van der Waals surface area (Å²) in [4.78, 5) is 22.2. The fourth-order valence-corrected chi connectivity index (χ4v) is 2.54. The first-order valence-corrected chi connectivity index (χ1v) is 7.81. The Morgan fingerprint density at radius 1 is 1.36 bits per heavy atom. The van der Waals surface area contributed by atoms with E-state index in [0.717, 1.165) is 0 Å². The molecule has 0 aliphatic carbocycles. The van der Waals surface area contributed by atoms with Crippen molar-refractivity contribution in [3.8, 4) is 17.2 Å². The molecular weight excluding hydrogens is 351 g/mol. The van der Waals surface area contributed by atoms with Crippen LogP contribution in [0.25, 0.3) is 0 Å². The molecule has 0 aromatic heterocycles. The van der Waals surface area contributed by atoms with Crippen LogP contribution in [0.1, 0.15) is 12.0 Å². The minimum absolute atomic E-state index is 0.0182. The van der Waals surface area contributed by atoms with Crippen LogP contribution in [-0.2, 0) is 16.0 Å². The maximum atomic E-state index is 14.6. The molecule has 0 atom stereocenters. The van der Waals surface area contributed by atoms with Crippen LogP contribution < -0.4 is 20.5 Å². The van der Waals surface area contributed by atoms with E-state index in [-0.39, 0.29) is 41.7 Å². The Balaban J connectivity index is 1.86. The molecule has 0 saturated heterocycles. The third-order valence-electron chi connectivity index (χ3n) is 3.58. The lowest BCUT2D eigenvalue weighted by atomic mass is 10.1. The van der Waals surface area contributed by atoms with Crippen molar-refractivity contribution in [1.29, 1.82) is 0 Å². The van der Waals surface area contributed by atoms with E-state index in [1.54, 1.807) is 12.1 Å². The molecule has 3 rings (SSSR count). The monoisotopic (exact) mass is 364 g/mol. The van der Waals surface area contributed by atoms with E-state index < -0.39 is 11.7 Å². The van der Waals surface area contributed by atoms with Crippen molar-refractivity contribution in [2.45, 2.75) is 12.8 Å². The summed E-state index contributed by atoms with van der Waals surface area (Å²) in [6.45, 7) is -0.103. The molecule has 2 amide bonds. The van der Waals surface area contributed by atoms with Crippen molar-refractivity contribution in [1.82, 2.24) is 0 Å².